The van der Waals surface area contributed by atoms with Gasteiger partial charge in [-0.3, -0.25) is 4.79 Å². The number of carbonyl (C=O) groups excluding carboxylic acids is 3. The number of nitrogens with one attached hydrogen (secondary N) is 1. The number of esters is 2. The third kappa shape index (κ3) is 6.83. The zero-order valence-corrected chi connectivity index (χ0v) is 17.3. The summed E-state index contributed by atoms with van der Waals surface area (Å²) in [6, 6.07) is 4.34. The highest BCUT2D eigenvalue weighted by Crippen LogP contribution is 2.20. The van der Waals surface area contributed by atoms with Gasteiger partial charge in [0.2, 0.25) is 5.91 Å². The molecule has 0 bridgehead atoms. The van der Waals surface area contributed by atoms with Gasteiger partial charge in [-0.2, -0.15) is 11.8 Å². The van der Waals surface area contributed by atoms with Crippen molar-refractivity contribution >= 4 is 35.3 Å². The summed E-state index contributed by atoms with van der Waals surface area (Å²) in [5.41, 5.74) is 0.685. The Labute approximate surface area is 170 Å². The van der Waals surface area contributed by atoms with E-state index in [0.717, 1.165) is 25.4 Å². The van der Waals surface area contributed by atoms with Crippen molar-refractivity contribution in [1.82, 2.24) is 4.90 Å². The molecule has 1 aromatic rings. The van der Waals surface area contributed by atoms with E-state index >= 15 is 0 Å². The lowest BCUT2D eigenvalue weighted by molar-refractivity contribution is -0.113. The van der Waals surface area contributed by atoms with Gasteiger partial charge >= 0.3 is 11.9 Å². The summed E-state index contributed by atoms with van der Waals surface area (Å²) >= 11 is 1.55. The van der Waals surface area contributed by atoms with E-state index in [1.54, 1.807) is 11.8 Å². The number of anilines is 1. The minimum Gasteiger partial charge on any atom is -0.465 e. The number of benzene rings is 1. The Morgan fingerprint density at radius 3 is 2.36 bits per heavy atom. The van der Waals surface area contributed by atoms with Gasteiger partial charge in [-0.25, -0.2) is 9.59 Å². The molecule has 1 N–H and O–H groups in total. The number of amides is 1. The maximum absolute atomic E-state index is 12.3. The fourth-order valence-electron chi connectivity index (χ4n) is 3.09. The molecular formula is C20H28N2O5S. The summed E-state index contributed by atoms with van der Waals surface area (Å²) in [4.78, 5) is 38.4. The first kappa shape index (κ1) is 22.2. The molecule has 0 saturated carbocycles. The van der Waals surface area contributed by atoms with Crippen molar-refractivity contribution in [3.05, 3.63) is 29.3 Å². The second-order valence-electron chi connectivity index (χ2n) is 6.60. The third-order valence-corrected chi connectivity index (χ3v) is 5.54. The molecule has 1 aromatic carbocycles. The highest BCUT2D eigenvalue weighted by Gasteiger charge is 2.17. The number of hydrogen-bond acceptors (Lipinski definition) is 7. The van der Waals surface area contributed by atoms with E-state index in [2.05, 4.69) is 10.2 Å². The van der Waals surface area contributed by atoms with Crippen molar-refractivity contribution in [1.29, 1.82) is 0 Å². The van der Waals surface area contributed by atoms with E-state index in [-0.39, 0.29) is 28.5 Å². The zero-order valence-electron chi connectivity index (χ0n) is 16.5. The second kappa shape index (κ2) is 11.7. The van der Waals surface area contributed by atoms with E-state index in [1.807, 2.05) is 0 Å². The number of ether oxygens (including phenoxy) is 2. The number of carbonyl (C=O) groups is 3. The number of thioether (sulfide) groups is 1. The zero-order chi connectivity index (χ0) is 20.4. The standard InChI is InChI=1S/C20H28N2O5S/c1-26-19(24)15-7-8-16(20(25)27-2)17(13-15)21-18(23)14-28-12-11-22-9-5-3-4-6-10-22/h7-8,13H,3-6,9-12,14H2,1-2H3,(H,21,23). The van der Waals surface area contributed by atoms with Crippen molar-refractivity contribution in [2.24, 2.45) is 0 Å². The first-order chi connectivity index (χ1) is 13.5. The molecule has 0 aromatic heterocycles. The first-order valence-electron chi connectivity index (χ1n) is 9.45. The SMILES string of the molecule is COC(=O)c1ccc(C(=O)OC)c(NC(=O)CSCCN2CCCCCC2)c1. The van der Waals surface area contributed by atoms with Crippen molar-refractivity contribution in [3.63, 3.8) is 0 Å². The van der Waals surface area contributed by atoms with Gasteiger partial charge in [-0.15, -0.1) is 0 Å². The molecule has 28 heavy (non-hydrogen) atoms. The van der Waals surface area contributed by atoms with Crippen molar-refractivity contribution in [3.8, 4) is 0 Å². The van der Waals surface area contributed by atoms with Crippen molar-refractivity contribution in [2.75, 3.05) is 50.7 Å². The smallest absolute Gasteiger partial charge is 0.339 e. The van der Waals surface area contributed by atoms with Gasteiger partial charge in [0.25, 0.3) is 0 Å². The Morgan fingerprint density at radius 1 is 1.04 bits per heavy atom. The van der Waals surface area contributed by atoms with Gasteiger partial charge in [-0.05, 0) is 44.1 Å². The van der Waals surface area contributed by atoms with Crippen LogP contribution in [0.2, 0.25) is 0 Å². The maximum atomic E-state index is 12.3. The molecule has 0 aliphatic carbocycles. The number of likely N-dealkylation sites (tertiary alicyclic amines) is 1. The average molecular weight is 409 g/mol. The minimum atomic E-state index is -0.583. The summed E-state index contributed by atoms with van der Waals surface area (Å²) in [6.45, 7) is 3.24. The molecule has 2 rings (SSSR count). The molecule has 0 spiro atoms. The average Bonchev–Trinajstić information content (AvgIpc) is 2.98. The Kier molecular flexibility index (Phi) is 9.30. The van der Waals surface area contributed by atoms with Gasteiger partial charge in [0.05, 0.1) is 36.8 Å². The van der Waals surface area contributed by atoms with Gasteiger partial charge in [-0.1, -0.05) is 12.8 Å². The topological polar surface area (TPSA) is 84.9 Å². The third-order valence-electron chi connectivity index (χ3n) is 4.60. The van der Waals surface area contributed by atoms with E-state index in [1.165, 1.54) is 58.1 Å². The van der Waals surface area contributed by atoms with E-state index < -0.39 is 11.9 Å². The molecular weight excluding hydrogens is 380 g/mol. The lowest BCUT2D eigenvalue weighted by Crippen LogP contribution is -2.27. The van der Waals surface area contributed by atoms with Crippen LogP contribution in [-0.2, 0) is 14.3 Å². The molecule has 1 aliphatic heterocycles. The van der Waals surface area contributed by atoms with Crippen LogP contribution in [0.3, 0.4) is 0 Å². The normalized spacial score (nSPS) is 14.8. The van der Waals surface area contributed by atoms with Gasteiger partial charge in [0.15, 0.2) is 0 Å². The summed E-state index contributed by atoms with van der Waals surface area (Å²) in [7, 11) is 2.54. The molecule has 1 fully saturated rings. The van der Waals surface area contributed by atoms with Gasteiger partial charge < -0.3 is 19.7 Å². The quantitative estimate of drug-likeness (QED) is 0.523. The summed E-state index contributed by atoms with van der Waals surface area (Å²) in [5, 5.41) is 2.71. The van der Waals surface area contributed by atoms with Crippen LogP contribution in [0.1, 0.15) is 46.4 Å². The maximum Gasteiger partial charge on any atom is 0.339 e. The lowest BCUT2D eigenvalue weighted by atomic mass is 10.1. The molecule has 8 heteroatoms. The number of nitrogens with zero attached hydrogens (tertiary/aromatic N) is 1. The van der Waals surface area contributed by atoms with Crippen molar-refractivity contribution < 1.29 is 23.9 Å². The first-order valence-corrected chi connectivity index (χ1v) is 10.6. The highest BCUT2D eigenvalue weighted by atomic mass is 32.2. The second-order valence-corrected chi connectivity index (χ2v) is 7.71. The predicted octanol–water partition coefficient (Wildman–Crippen LogP) is 2.81. The van der Waals surface area contributed by atoms with E-state index in [9.17, 15) is 14.4 Å². The molecule has 0 unspecified atom stereocenters. The number of rotatable bonds is 8. The summed E-state index contributed by atoms with van der Waals surface area (Å²) in [5.74, 6) is -0.205. The van der Waals surface area contributed by atoms with Crippen LogP contribution in [0.5, 0.6) is 0 Å². The highest BCUT2D eigenvalue weighted by molar-refractivity contribution is 7.99. The largest absolute Gasteiger partial charge is 0.465 e. The van der Waals surface area contributed by atoms with Crippen LogP contribution in [0, 0.1) is 0 Å². The van der Waals surface area contributed by atoms with Crippen LogP contribution in [0.15, 0.2) is 18.2 Å². The lowest BCUT2D eigenvalue weighted by Gasteiger charge is -2.19. The monoisotopic (exact) mass is 408 g/mol. The Morgan fingerprint density at radius 2 is 1.71 bits per heavy atom. The van der Waals surface area contributed by atoms with Gasteiger partial charge in [0, 0.05) is 12.3 Å². The Balaban J connectivity index is 1.90. The molecule has 7 nitrogen and oxygen atoms in total. The molecule has 154 valence electrons. The van der Waals surface area contributed by atoms with Gasteiger partial charge in [0.1, 0.15) is 0 Å². The van der Waals surface area contributed by atoms with E-state index in [0.29, 0.717) is 0 Å². The van der Waals surface area contributed by atoms with Crippen LogP contribution in [0.25, 0.3) is 0 Å². The Bertz CT molecular complexity index is 687. The molecule has 1 saturated heterocycles. The Hall–Kier alpha value is -2.06. The van der Waals surface area contributed by atoms with E-state index in [4.69, 9.17) is 9.47 Å². The fourth-order valence-corrected chi connectivity index (χ4v) is 3.87. The number of hydrogen-bond donors (Lipinski definition) is 1. The predicted molar refractivity (Wildman–Crippen MR) is 110 cm³/mol. The number of methoxy groups -OCH3 is 2. The molecule has 0 atom stereocenters. The summed E-state index contributed by atoms with van der Waals surface area (Å²) in [6.07, 6.45) is 5.11. The van der Waals surface area contributed by atoms with Crippen LogP contribution in [0.4, 0.5) is 5.69 Å². The van der Waals surface area contributed by atoms with Crippen molar-refractivity contribution in [2.45, 2.75) is 25.7 Å². The fraction of sp³-hybridized carbons (Fsp3) is 0.550. The van der Waals surface area contributed by atoms with Crippen LogP contribution >= 0.6 is 11.8 Å². The molecule has 0 radical (unpaired) electrons. The molecule has 1 heterocycles. The minimum absolute atomic E-state index is 0.193. The summed E-state index contributed by atoms with van der Waals surface area (Å²) < 4.78 is 9.44. The molecule has 1 aliphatic rings. The van der Waals surface area contributed by atoms with Crippen LogP contribution in [-0.4, -0.2) is 68.1 Å². The molecule has 1 amide bonds. The van der Waals surface area contributed by atoms with Crippen LogP contribution < -0.4 is 5.32 Å².